The molecular weight excluding hydrogens is 386 g/mol. The van der Waals surface area contributed by atoms with E-state index in [2.05, 4.69) is 10.6 Å². The number of anilines is 1. The van der Waals surface area contributed by atoms with Crippen LogP contribution in [0.1, 0.15) is 29.3 Å². The number of hydrogen-bond donors (Lipinski definition) is 2. The van der Waals surface area contributed by atoms with Crippen LogP contribution in [0.25, 0.3) is 0 Å². The molecule has 1 atom stereocenters. The Labute approximate surface area is 174 Å². The Bertz CT molecular complexity index is 928. The number of rotatable bonds is 8. The molecule has 1 aliphatic rings. The van der Waals surface area contributed by atoms with Gasteiger partial charge in [0.05, 0.1) is 12.2 Å². The van der Waals surface area contributed by atoms with Gasteiger partial charge in [0.15, 0.2) is 0 Å². The second-order valence-electron chi connectivity index (χ2n) is 6.88. The van der Waals surface area contributed by atoms with Gasteiger partial charge in [-0.3, -0.25) is 14.5 Å². The summed E-state index contributed by atoms with van der Waals surface area (Å²) in [5, 5.41) is 5.23. The molecule has 4 amide bonds. The van der Waals surface area contributed by atoms with E-state index in [1.165, 1.54) is 12.1 Å². The Kier molecular flexibility index (Phi) is 6.79. The van der Waals surface area contributed by atoms with E-state index in [-0.39, 0.29) is 0 Å². The first-order chi connectivity index (χ1) is 14.5. The van der Waals surface area contributed by atoms with Crippen LogP contribution in [0.2, 0.25) is 0 Å². The van der Waals surface area contributed by atoms with E-state index >= 15 is 0 Å². The zero-order valence-corrected chi connectivity index (χ0v) is 16.6. The van der Waals surface area contributed by atoms with Crippen LogP contribution in [-0.4, -0.2) is 47.9 Å². The lowest BCUT2D eigenvalue weighted by Gasteiger charge is -2.13. The second kappa shape index (κ2) is 9.69. The second-order valence-corrected chi connectivity index (χ2v) is 6.88. The molecule has 30 heavy (non-hydrogen) atoms. The number of imide groups is 1. The predicted octanol–water partition coefficient (Wildman–Crippen LogP) is 2.35. The molecule has 0 radical (unpaired) electrons. The molecule has 0 saturated carbocycles. The molecule has 0 aliphatic carbocycles. The summed E-state index contributed by atoms with van der Waals surface area (Å²) in [5.41, 5.74) is 1.74. The molecule has 8 nitrogen and oxygen atoms in total. The van der Waals surface area contributed by atoms with Crippen LogP contribution in [0.15, 0.2) is 54.6 Å². The smallest absolute Gasteiger partial charge is 0.338 e. The minimum absolute atomic E-state index is 0.342. The molecule has 1 fully saturated rings. The Morgan fingerprint density at radius 1 is 1.07 bits per heavy atom. The van der Waals surface area contributed by atoms with Gasteiger partial charge in [-0.25, -0.2) is 9.59 Å². The van der Waals surface area contributed by atoms with Gasteiger partial charge in [0, 0.05) is 12.1 Å². The third-order valence-corrected chi connectivity index (χ3v) is 4.53. The molecule has 3 rings (SSSR count). The number of hydrogen-bond acceptors (Lipinski definition) is 5. The Balaban J connectivity index is 1.54. The minimum Gasteiger partial charge on any atom is -0.462 e. The summed E-state index contributed by atoms with van der Waals surface area (Å²) in [7, 11) is 0. The topological polar surface area (TPSA) is 105 Å². The first-order valence-electron chi connectivity index (χ1n) is 9.70. The average molecular weight is 409 g/mol. The van der Waals surface area contributed by atoms with Crippen LogP contribution in [0.5, 0.6) is 0 Å². The van der Waals surface area contributed by atoms with E-state index < -0.39 is 36.4 Å². The van der Waals surface area contributed by atoms with Gasteiger partial charge in [-0.1, -0.05) is 37.3 Å². The molecule has 156 valence electrons. The highest BCUT2D eigenvalue weighted by atomic mass is 16.5. The van der Waals surface area contributed by atoms with Gasteiger partial charge >= 0.3 is 12.0 Å². The van der Waals surface area contributed by atoms with Crippen LogP contribution in [0.3, 0.4) is 0 Å². The van der Waals surface area contributed by atoms with Gasteiger partial charge in [0.2, 0.25) is 5.91 Å². The lowest BCUT2D eigenvalue weighted by molar-refractivity contribution is -0.130. The van der Waals surface area contributed by atoms with Crippen molar-refractivity contribution in [1.29, 1.82) is 0 Å². The van der Waals surface area contributed by atoms with Gasteiger partial charge in [-0.2, -0.15) is 0 Å². The number of carbonyl (C=O) groups is 4. The third-order valence-electron chi connectivity index (χ3n) is 4.53. The number of ether oxygens (including phenoxy) is 1. The van der Waals surface area contributed by atoms with Crippen LogP contribution < -0.4 is 10.6 Å². The number of benzene rings is 2. The van der Waals surface area contributed by atoms with Gasteiger partial charge in [-0.15, -0.1) is 0 Å². The molecule has 0 aromatic heterocycles. The lowest BCUT2D eigenvalue weighted by Crippen LogP contribution is -2.38. The minimum atomic E-state index is -0.693. The summed E-state index contributed by atoms with van der Waals surface area (Å²) >= 11 is 0. The van der Waals surface area contributed by atoms with Crippen molar-refractivity contribution in [2.45, 2.75) is 25.8 Å². The van der Waals surface area contributed by atoms with Crippen molar-refractivity contribution in [3.63, 3.8) is 0 Å². The molecule has 1 unspecified atom stereocenters. The van der Waals surface area contributed by atoms with Crippen molar-refractivity contribution < 1.29 is 23.9 Å². The SMILES string of the molecule is CCCOC(=O)c1ccc(NC(=O)CN2C(=O)NC(Cc3ccccc3)C2=O)cc1. The van der Waals surface area contributed by atoms with Crippen LogP contribution >= 0.6 is 0 Å². The molecule has 2 aromatic carbocycles. The number of carbonyl (C=O) groups excluding carboxylic acids is 4. The summed E-state index contributed by atoms with van der Waals surface area (Å²) in [6.45, 7) is 1.85. The van der Waals surface area contributed by atoms with Crippen LogP contribution in [0.4, 0.5) is 10.5 Å². The van der Waals surface area contributed by atoms with Gasteiger partial charge in [-0.05, 0) is 36.2 Å². The average Bonchev–Trinajstić information content (AvgIpc) is 3.00. The fraction of sp³-hybridized carbons (Fsp3) is 0.273. The maximum atomic E-state index is 12.5. The standard InChI is InChI=1S/C22H23N3O5/c1-2-12-30-21(28)16-8-10-17(11-9-16)23-19(26)14-25-20(27)18(24-22(25)29)13-15-6-4-3-5-7-15/h3-11,18H,2,12-14H2,1H3,(H,23,26)(H,24,29). The largest absolute Gasteiger partial charge is 0.462 e. The first kappa shape index (κ1) is 21.0. The molecule has 2 aromatic rings. The molecular formula is C22H23N3O5. The number of esters is 1. The van der Waals surface area contributed by atoms with Crippen molar-refractivity contribution in [3.8, 4) is 0 Å². The fourth-order valence-corrected chi connectivity index (χ4v) is 3.03. The van der Waals surface area contributed by atoms with E-state index in [0.29, 0.717) is 24.3 Å². The summed E-state index contributed by atoms with van der Waals surface area (Å²) in [6.07, 6.45) is 1.09. The van der Waals surface area contributed by atoms with E-state index in [1.54, 1.807) is 12.1 Å². The highest BCUT2D eigenvalue weighted by Gasteiger charge is 2.38. The Hall–Kier alpha value is -3.68. The normalized spacial score (nSPS) is 15.6. The van der Waals surface area contributed by atoms with E-state index in [9.17, 15) is 19.2 Å². The fourth-order valence-electron chi connectivity index (χ4n) is 3.03. The highest BCUT2D eigenvalue weighted by Crippen LogP contribution is 2.14. The molecule has 1 heterocycles. The highest BCUT2D eigenvalue weighted by molar-refractivity contribution is 6.08. The van der Waals surface area contributed by atoms with Gasteiger partial charge in [0.25, 0.3) is 5.91 Å². The summed E-state index contributed by atoms with van der Waals surface area (Å²) in [5.74, 6) is -1.38. The Morgan fingerprint density at radius 2 is 1.77 bits per heavy atom. The molecule has 0 spiro atoms. The van der Waals surface area contributed by atoms with E-state index in [0.717, 1.165) is 16.9 Å². The summed E-state index contributed by atoms with van der Waals surface area (Å²) < 4.78 is 5.05. The summed E-state index contributed by atoms with van der Waals surface area (Å²) in [6, 6.07) is 14.2. The monoisotopic (exact) mass is 409 g/mol. The van der Waals surface area contributed by atoms with E-state index in [1.807, 2.05) is 37.3 Å². The van der Waals surface area contributed by atoms with Crippen molar-refractivity contribution in [2.24, 2.45) is 0 Å². The maximum absolute atomic E-state index is 12.5. The molecule has 1 aliphatic heterocycles. The van der Waals surface area contributed by atoms with E-state index in [4.69, 9.17) is 4.74 Å². The number of nitrogens with one attached hydrogen (secondary N) is 2. The van der Waals surface area contributed by atoms with Crippen molar-refractivity contribution in [1.82, 2.24) is 10.2 Å². The van der Waals surface area contributed by atoms with Crippen LogP contribution in [-0.2, 0) is 20.7 Å². The number of urea groups is 1. The van der Waals surface area contributed by atoms with Crippen LogP contribution in [0, 0.1) is 0 Å². The maximum Gasteiger partial charge on any atom is 0.338 e. The van der Waals surface area contributed by atoms with Gasteiger partial charge in [0.1, 0.15) is 12.6 Å². The number of nitrogens with zero attached hydrogens (tertiary/aromatic N) is 1. The van der Waals surface area contributed by atoms with Crippen molar-refractivity contribution in [3.05, 3.63) is 65.7 Å². The molecule has 8 heteroatoms. The number of amides is 4. The zero-order chi connectivity index (χ0) is 21.5. The van der Waals surface area contributed by atoms with Crippen molar-refractivity contribution >= 4 is 29.5 Å². The third kappa shape index (κ3) is 5.22. The van der Waals surface area contributed by atoms with Crippen molar-refractivity contribution in [2.75, 3.05) is 18.5 Å². The molecule has 1 saturated heterocycles. The zero-order valence-electron chi connectivity index (χ0n) is 16.6. The molecule has 2 N–H and O–H groups in total. The first-order valence-corrected chi connectivity index (χ1v) is 9.70. The van der Waals surface area contributed by atoms with Gasteiger partial charge < -0.3 is 15.4 Å². The molecule has 0 bridgehead atoms. The lowest BCUT2D eigenvalue weighted by atomic mass is 10.1. The Morgan fingerprint density at radius 3 is 2.43 bits per heavy atom. The summed E-state index contributed by atoms with van der Waals surface area (Å²) in [4.78, 5) is 49.7. The predicted molar refractivity (Wildman–Crippen MR) is 110 cm³/mol. The quantitative estimate of drug-likeness (QED) is 0.514.